The van der Waals surface area contributed by atoms with E-state index in [2.05, 4.69) is 31.2 Å². The van der Waals surface area contributed by atoms with Crippen LogP contribution in [0, 0.1) is 5.82 Å². The Balaban J connectivity index is 2.05. The van der Waals surface area contributed by atoms with Crippen LogP contribution in [0.15, 0.2) is 30.6 Å². The molecular weight excluding hydrogens is 269 g/mol. The van der Waals surface area contributed by atoms with Crippen molar-refractivity contribution in [1.82, 2.24) is 15.1 Å². The standard InChI is InChI=1S/C16H22FN3O/c1-5-20-11-13(10-19-20)21-15-7-6-12(8-14(15)17)9-18-16(2,3)4/h6-8,10-11,18H,5,9H2,1-4H3. The maximum atomic E-state index is 14.1. The Morgan fingerprint density at radius 1 is 1.33 bits per heavy atom. The molecule has 0 radical (unpaired) electrons. The van der Waals surface area contributed by atoms with Gasteiger partial charge in [0, 0.05) is 18.6 Å². The summed E-state index contributed by atoms with van der Waals surface area (Å²) in [6.45, 7) is 9.58. The van der Waals surface area contributed by atoms with Crippen molar-refractivity contribution in [2.45, 2.75) is 46.3 Å². The molecule has 0 bridgehead atoms. The second kappa shape index (κ2) is 6.26. The van der Waals surface area contributed by atoms with Gasteiger partial charge in [-0.1, -0.05) is 6.07 Å². The lowest BCUT2D eigenvalue weighted by molar-refractivity contribution is 0.420. The van der Waals surface area contributed by atoms with Crippen molar-refractivity contribution in [3.05, 3.63) is 42.0 Å². The van der Waals surface area contributed by atoms with Crippen LogP contribution in [-0.4, -0.2) is 15.3 Å². The number of hydrogen-bond donors (Lipinski definition) is 1. The number of rotatable bonds is 5. The normalized spacial score (nSPS) is 11.7. The zero-order valence-corrected chi connectivity index (χ0v) is 13.0. The third kappa shape index (κ3) is 4.56. The minimum absolute atomic E-state index is 0.000379. The van der Waals surface area contributed by atoms with Crippen LogP contribution in [0.4, 0.5) is 4.39 Å². The van der Waals surface area contributed by atoms with Crippen molar-refractivity contribution >= 4 is 0 Å². The highest BCUT2D eigenvalue weighted by Crippen LogP contribution is 2.25. The smallest absolute Gasteiger partial charge is 0.166 e. The summed E-state index contributed by atoms with van der Waals surface area (Å²) >= 11 is 0. The van der Waals surface area contributed by atoms with Crippen LogP contribution in [0.25, 0.3) is 0 Å². The maximum absolute atomic E-state index is 14.1. The first kappa shape index (κ1) is 15.5. The highest BCUT2D eigenvalue weighted by atomic mass is 19.1. The second-order valence-corrected chi connectivity index (χ2v) is 6.00. The molecule has 2 aromatic rings. The van der Waals surface area contributed by atoms with Gasteiger partial charge in [0.25, 0.3) is 0 Å². The molecule has 0 atom stereocenters. The monoisotopic (exact) mass is 291 g/mol. The van der Waals surface area contributed by atoms with Gasteiger partial charge in [-0.2, -0.15) is 5.10 Å². The van der Waals surface area contributed by atoms with E-state index in [0.29, 0.717) is 12.3 Å². The number of nitrogens with one attached hydrogen (secondary N) is 1. The highest BCUT2D eigenvalue weighted by molar-refractivity contribution is 5.33. The van der Waals surface area contributed by atoms with Gasteiger partial charge in [0.2, 0.25) is 0 Å². The zero-order valence-electron chi connectivity index (χ0n) is 13.0. The average molecular weight is 291 g/mol. The summed E-state index contributed by atoms with van der Waals surface area (Å²) in [5.41, 5.74) is 0.888. The van der Waals surface area contributed by atoms with Crippen molar-refractivity contribution in [3.63, 3.8) is 0 Å². The molecule has 2 rings (SSSR count). The molecule has 5 heteroatoms. The largest absolute Gasteiger partial charge is 0.451 e. The molecule has 0 saturated heterocycles. The van der Waals surface area contributed by atoms with Gasteiger partial charge >= 0.3 is 0 Å². The third-order valence-corrected chi connectivity index (χ3v) is 2.98. The van der Waals surface area contributed by atoms with E-state index < -0.39 is 0 Å². The number of aryl methyl sites for hydroxylation is 1. The van der Waals surface area contributed by atoms with Gasteiger partial charge in [0.15, 0.2) is 17.3 Å². The molecule has 4 nitrogen and oxygen atoms in total. The van der Waals surface area contributed by atoms with E-state index in [1.807, 2.05) is 13.0 Å². The molecule has 1 aromatic carbocycles. The van der Waals surface area contributed by atoms with Crippen molar-refractivity contribution in [3.8, 4) is 11.5 Å². The summed E-state index contributed by atoms with van der Waals surface area (Å²) in [4.78, 5) is 0. The minimum Gasteiger partial charge on any atom is -0.451 e. The molecule has 114 valence electrons. The van der Waals surface area contributed by atoms with Crippen molar-refractivity contribution in [2.24, 2.45) is 0 Å². The summed E-state index contributed by atoms with van der Waals surface area (Å²) in [6.07, 6.45) is 3.33. The second-order valence-electron chi connectivity index (χ2n) is 6.00. The number of benzene rings is 1. The van der Waals surface area contributed by atoms with Crippen LogP contribution in [0.5, 0.6) is 11.5 Å². The topological polar surface area (TPSA) is 39.1 Å². The lowest BCUT2D eigenvalue weighted by Gasteiger charge is -2.20. The van der Waals surface area contributed by atoms with Crippen molar-refractivity contribution in [2.75, 3.05) is 0 Å². The fraction of sp³-hybridized carbons (Fsp3) is 0.438. The van der Waals surface area contributed by atoms with Crippen LogP contribution in [-0.2, 0) is 13.1 Å². The lowest BCUT2D eigenvalue weighted by Crippen LogP contribution is -2.35. The molecule has 0 unspecified atom stereocenters. The summed E-state index contributed by atoms with van der Waals surface area (Å²) in [5, 5.41) is 7.42. The first-order valence-corrected chi connectivity index (χ1v) is 7.11. The van der Waals surface area contributed by atoms with E-state index in [1.54, 1.807) is 23.1 Å². The Kier molecular flexibility index (Phi) is 4.63. The predicted octanol–water partition coefficient (Wildman–Crippen LogP) is 3.72. The fourth-order valence-corrected chi connectivity index (χ4v) is 1.80. The molecule has 0 aliphatic carbocycles. The quantitative estimate of drug-likeness (QED) is 0.912. The van der Waals surface area contributed by atoms with E-state index in [-0.39, 0.29) is 17.1 Å². The van der Waals surface area contributed by atoms with Crippen molar-refractivity contribution in [1.29, 1.82) is 0 Å². The Hall–Kier alpha value is -1.88. The third-order valence-electron chi connectivity index (χ3n) is 2.98. The Morgan fingerprint density at radius 2 is 2.10 bits per heavy atom. The summed E-state index contributed by atoms with van der Waals surface area (Å²) < 4.78 is 21.3. The number of nitrogens with zero attached hydrogens (tertiary/aromatic N) is 2. The van der Waals surface area contributed by atoms with E-state index >= 15 is 0 Å². The zero-order chi connectivity index (χ0) is 15.5. The van der Waals surface area contributed by atoms with Gasteiger partial charge in [0.1, 0.15) is 0 Å². The van der Waals surface area contributed by atoms with E-state index in [0.717, 1.165) is 12.1 Å². The van der Waals surface area contributed by atoms with Gasteiger partial charge < -0.3 is 10.1 Å². The Bertz CT molecular complexity index is 602. The van der Waals surface area contributed by atoms with Gasteiger partial charge in [-0.3, -0.25) is 4.68 Å². The highest BCUT2D eigenvalue weighted by Gasteiger charge is 2.11. The summed E-state index contributed by atoms with van der Waals surface area (Å²) in [5.74, 6) is 0.383. The van der Waals surface area contributed by atoms with E-state index in [4.69, 9.17) is 4.74 Å². The molecule has 0 fully saturated rings. The number of hydrogen-bond acceptors (Lipinski definition) is 3. The molecule has 1 heterocycles. The van der Waals surface area contributed by atoms with E-state index in [1.165, 1.54) is 6.07 Å². The van der Waals surface area contributed by atoms with Crippen LogP contribution in [0.1, 0.15) is 33.3 Å². The van der Waals surface area contributed by atoms with Crippen LogP contribution in [0.3, 0.4) is 0 Å². The molecule has 0 saturated carbocycles. The average Bonchev–Trinajstić information content (AvgIpc) is 2.86. The molecule has 0 aliphatic heterocycles. The molecule has 0 amide bonds. The molecular formula is C16H22FN3O. The maximum Gasteiger partial charge on any atom is 0.166 e. The summed E-state index contributed by atoms with van der Waals surface area (Å²) in [6, 6.07) is 5.01. The number of halogens is 1. The fourth-order valence-electron chi connectivity index (χ4n) is 1.80. The first-order valence-electron chi connectivity index (χ1n) is 7.11. The van der Waals surface area contributed by atoms with Crippen LogP contribution in [0.2, 0.25) is 0 Å². The van der Waals surface area contributed by atoms with Gasteiger partial charge in [-0.25, -0.2) is 4.39 Å². The molecule has 1 aromatic heterocycles. The van der Waals surface area contributed by atoms with Gasteiger partial charge in [-0.15, -0.1) is 0 Å². The SMILES string of the molecule is CCn1cc(Oc2ccc(CNC(C)(C)C)cc2F)cn1. The van der Waals surface area contributed by atoms with Gasteiger partial charge in [-0.05, 0) is 45.4 Å². The van der Waals surface area contributed by atoms with Crippen LogP contribution < -0.4 is 10.1 Å². The van der Waals surface area contributed by atoms with E-state index in [9.17, 15) is 4.39 Å². The first-order chi connectivity index (χ1) is 9.87. The molecule has 0 aliphatic rings. The van der Waals surface area contributed by atoms with Crippen LogP contribution >= 0.6 is 0 Å². The predicted molar refractivity (Wildman–Crippen MR) is 81.0 cm³/mol. The molecule has 1 N–H and O–H groups in total. The summed E-state index contributed by atoms with van der Waals surface area (Å²) in [7, 11) is 0. The van der Waals surface area contributed by atoms with Gasteiger partial charge in [0.05, 0.1) is 12.4 Å². The minimum atomic E-state index is -0.368. The number of aromatic nitrogens is 2. The molecule has 21 heavy (non-hydrogen) atoms. The lowest BCUT2D eigenvalue weighted by atomic mass is 10.1. The molecule has 0 spiro atoms. The van der Waals surface area contributed by atoms with Crippen molar-refractivity contribution < 1.29 is 9.13 Å². The Morgan fingerprint density at radius 3 is 2.67 bits per heavy atom. The Labute approximate surface area is 124 Å². The number of ether oxygens (including phenoxy) is 1.